The maximum Gasteiger partial charge on any atom is 0.410 e. The molecular formula is C17H24N2O5. The van der Waals surface area contributed by atoms with Gasteiger partial charge in [0.25, 0.3) is 0 Å². The molecule has 1 unspecified atom stereocenters. The number of hydrogen-bond donors (Lipinski definition) is 1. The fourth-order valence-electron chi connectivity index (χ4n) is 2.50. The summed E-state index contributed by atoms with van der Waals surface area (Å²) in [5.74, 6) is -1.17. The van der Waals surface area contributed by atoms with Crippen molar-refractivity contribution in [2.75, 3.05) is 19.7 Å². The van der Waals surface area contributed by atoms with E-state index in [1.165, 1.54) is 4.90 Å². The van der Waals surface area contributed by atoms with Gasteiger partial charge in [-0.3, -0.25) is 9.59 Å². The summed E-state index contributed by atoms with van der Waals surface area (Å²) in [4.78, 5) is 40.4. The van der Waals surface area contributed by atoms with Gasteiger partial charge in [0.2, 0.25) is 5.78 Å². The Balaban J connectivity index is 1.84. The van der Waals surface area contributed by atoms with E-state index in [4.69, 9.17) is 9.47 Å². The SMILES string of the molecule is CC(C)(C)OC(=O)N1CCCC(C(=O)OCC(=O)c2ccc[nH]2)C1. The average molecular weight is 336 g/mol. The smallest absolute Gasteiger partial charge is 0.410 e. The Morgan fingerprint density at radius 3 is 2.71 bits per heavy atom. The van der Waals surface area contributed by atoms with E-state index in [1.807, 2.05) is 0 Å². The normalized spacial score (nSPS) is 18.1. The number of rotatable bonds is 4. The van der Waals surface area contributed by atoms with Crippen LogP contribution in [0.2, 0.25) is 0 Å². The number of likely N-dealkylation sites (tertiary alicyclic amines) is 1. The molecule has 1 amide bonds. The van der Waals surface area contributed by atoms with Crippen LogP contribution in [-0.4, -0.2) is 53.0 Å². The largest absolute Gasteiger partial charge is 0.457 e. The number of piperidine rings is 1. The zero-order valence-electron chi connectivity index (χ0n) is 14.3. The highest BCUT2D eigenvalue weighted by molar-refractivity contribution is 5.96. The van der Waals surface area contributed by atoms with Crippen molar-refractivity contribution in [3.63, 3.8) is 0 Å². The number of aromatic nitrogens is 1. The fraction of sp³-hybridized carbons (Fsp3) is 0.588. The van der Waals surface area contributed by atoms with E-state index in [0.29, 0.717) is 25.1 Å². The van der Waals surface area contributed by atoms with Crippen LogP contribution in [0.4, 0.5) is 4.79 Å². The Kier molecular flexibility index (Phi) is 5.64. The summed E-state index contributed by atoms with van der Waals surface area (Å²) in [6.07, 6.45) is 2.54. The lowest BCUT2D eigenvalue weighted by molar-refractivity contribution is -0.149. The van der Waals surface area contributed by atoms with Gasteiger partial charge in [-0.2, -0.15) is 0 Å². The molecule has 0 aliphatic carbocycles. The third-order valence-corrected chi connectivity index (χ3v) is 3.65. The number of amides is 1. The summed E-state index contributed by atoms with van der Waals surface area (Å²) < 4.78 is 10.4. The predicted octanol–water partition coefficient (Wildman–Crippen LogP) is 2.39. The zero-order valence-corrected chi connectivity index (χ0v) is 14.3. The number of ether oxygens (including phenoxy) is 2. The lowest BCUT2D eigenvalue weighted by atomic mass is 9.98. The molecule has 1 aromatic heterocycles. The summed E-state index contributed by atoms with van der Waals surface area (Å²) >= 11 is 0. The Morgan fingerprint density at radius 1 is 1.33 bits per heavy atom. The second-order valence-corrected chi connectivity index (χ2v) is 6.88. The number of esters is 1. The third kappa shape index (κ3) is 5.11. The van der Waals surface area contributed by atoms with Gasteiger partial charge in [-0.25, -0.2) is 4.79 Å². The van der Waals surface area contributed by atoms with Crippen molar-refractivity contribution in [3.05, 3.63) is 24.0 Å². The molecule has 0 saturated carbocycles. The van der Waals surface area contributed by atoms with Crippen molar-refractivity contribution in [1.29, 1.82) is 0 Å². The number of nitrogens with one attached hydrogen (secondary N) is 1. The van der Waals surface area contributed by atoms with Gasteiger partial charge in [-0.05, 0) is 45.7 Å². The van der Waals surface area contributed by atoms with Crippen LogP contribution in [0.25, 0.3) is 0 Å². The van der Waals surface area contributed by atoms with Crippen LogP contribution in [-0.2, 0) is 14.3 Å². The third-order valence-electron chi connectivity index (χ3n) is 3.65. The molecule has 1 aliphatic rings. The van der Waals surface area contributed by atoms with Gasteiger partial charge < -0.3 is 19.4 Å². The summed E-state index contributed by atoms with van der Waals surface area (Å²) in [6.45, 7) is 5.90. The van der Waals surface area contributed by atoms with Gasteiger partial charge in [-0.1, -0.05) is 0 Å². The molecule has 2 heterocycles. The number of nitrogens with zero attached hydrogens (tertiary/aromatic N) is 1. The van der Waals surface area contributed by atoms with Crippen LogP contribution >= 0.6 is 0 Å². The molecule has 0 bridgehead atoms. The highest BCUT2D eigenvalue weighted by atomic mass is 16.6. The number of ketones is 1. The Labute approximate surface area is 141 Å². The van der Waals surface area contributed by atoms with Crippen molar-refractivity contribution < 1.29 is 23.9 Å². The summed E-state index contributed by atoms with van der Waals surface area (Å²) in [7, 11) is 0. The maximum atomic E-state index is 12.2. The molecule has 7 nitrogen and oxygen atoms in total. The van der Waals surface area contributed by atoms with Crippen LogP contribution in [0.5, 0.6) is 0 Å². The number of carbonyl (C=O) groups is 3. The quantitative estimate of drug-likeness (QED) is 0.673. The van der Waals surface area contributed by atoms with Crippen molar-refractivity contribution in [2.24, 2.45) is 5.92 Å². The van der Waals surface area contributed by atoms with Gasteiger partial charge >= 0.3 is 12.1 Å². The van der Waals surface area contributed by atoms with Gasteiger partial charge in [-0.15, -0.1) is 0 Å². The van der Waals surface area contributed by atoms with Gasteiger partial charge in [0, 0.05) is 19.3 Å². The summed E-state index contributed by atoms with van der Waals surface area (Å²) in [6, 6.07) is 3.33. The Hall–Kier alpha value is -2.31. The highest BCUT2D eigenvalue weighted by Gasteiger charge is 2.32. The van der Waals surface area contributed by atoms with E-state index >= 15 is 0 Å². The monoisotopic (exact) mass is 336 g/mol. The average Bonchev–Trinajstić information content (AvgIpc) is 3.05. The summed E-state index contributed by atoms with van der Waals surface area (Å²) in [5, 5.41) is 0. The molecule has 7 heteroatoms. The number of H-pyrrole nitrogens is 1. The first-order chi connectivity index (χ1) is 11.3. The van der Waals surface area contributed by atoms with Crippen molar-refractivity contribution >= 4 is 17.8 Å². The van der Waals surface area contributed by atoms with E-state index in [0.717, 1.165) is 0 Å². The lowest BCUT2D eigenvalue weighted by Crippen LogP contribution is -2.45. The zero-order chi connectivity index (χ0) is 17.7. The van der Waals surface area contributed by atoms with E-state index in [2.05, 4.69) is 4.98 Å². The van der Waals surface area contributed by atoms with E-state index in [1.54, 1.807) is 39.1 Å². The first kappa shape index (κ1) is 18.0. The van der Waals surface area contributed by atoms with Crippen molar-refractivity contribution in [1.82, 2.24) is 9.88 Å². The van der Waals surface area contributed by atoms with Crippen LogP contribution in [0.1, 0.15) is 44.1 Å². The Morgan fingerprint density at radius 2 is 2.08 bits per heavy atom. The van der Waals surface area contributed by atoms with Crippen molar-refractivity contribution in [2.45, 2.75) is 39.2 Å². The second-order valence-electron chi connectivity index (χ2n) is 6.88. The molecule has 132 valence electrons. The number of aromatic amines is 1. The lowest BCUT2D eigenvalue weighted by Gasteiger charge is -2.33. The topological polar surface area (TPSA) is 88.7 Å². The highest BCUT2D eigenvalue weighted by Crippen LogP contribution is 2.20. The molecule has 0 spiro atoms. The number of carbonyl (C=O) groups excluding carboxylic acids is 3. The molecule has 24 heavy (non-hydrogen) atoms. The molecule has 0 aromatic carbocycles. The summed E-state index contributed by atoms with van der Waals surface area (Å²) in [5.41, 5.74) is -0.172. The van der Waals surface area contributed by atoms with Crippen LogP contribution < -0.4 is 0 Å². The first-order valence-corrected chi connectivity index (χ1v) is 8.07. The van der Waals surface area contributed by atoms with Gasteiger partial charge in [0.05, 0.1) is 11.6 Å². The minimum Gasteiger partial charge on any atom is -0.457 e. The van der Waals surface area contributed by atoms with E-state index in [9.17, 15) is 14.4 Å². The molecule has 0 radical (unpaired) electrons. The van der Waals surface area contributed by atoms with E-state index in [-0.39, 0.29) is 18.9 Å². The van der Waals surface area contributed by atoms with Crippen LogP contribution in [0.3, 0.4) is 0 Å². The van der Waals surface area contributed by atoms with Crippen LogP contribution in [0, 0.1) is 5.92 Å². The fourth-order valence-corrected chi connectivity index (χ4v) is 2.50. The Bertz CT molecular complexity index is 589. The molecule has 1 atom stereocenters. The minimum atomic E-state index is -0.576. The first-order valence-electron chi connectivity index (χ1n) is 8.07. The van der Waals surface area contributed by atoms with Crippen molar-refractivity contribution in [3.8, 4) is 0 Å². The van der Waals surface area contributed by atoms with Gasteiger partial charge in [0.1, 0.15) is 5.60 Å². The standard InChI is InChI=1S/C17H24N2O5/c1-17(2,3)24-16(22)19-9-5-6-12(10-19)15(21)23-11-14(20)13-7-4-8-18-13/h4,7-8,12,18H,5-6,9-11H2,1-3H3. The van der Waals surface area contributed by atoms with Gasteiger partial charge in [0.15, 0.2) is 6.61 Å². The molecule has 2 rings (SSSR count). The molecule has 1 aliphatic heterocycles. The van der Waals surface area contributed by atoms with E-state index < -0.39 is 23.6 Å². The number of Topliss-reactive ketones (excluding diaryl/α,β-unsaturated/α-hetero) is 1. The molecule has 1 N–H and O–H groups in total. The van der Waals surface area contributed by atoms with Crippen LogP contribution in [0.15, 0.2) is 18.3 Å². The maximum absolute atomic E-state index is 12.2. The minimum absolute atomic E-state index is 0.254. The molecule has 1 fully saturated rings. The predicted molar refractivity (Wildman–Crippen MR) is 86.6 cm³/mol. The second kappa shape index (κ2) is 7.51. The molecule has 1 aromatic rings. The number of hydrogen-bond acceptors (Lipinski definition) is 5. The molecule has 1 saturated heterocycles. The molecular weight excluding hydrogens is 312 g/mol.